The minimum atomic E-state index is -0.378. The fourth-order valence-electron chi connectivity index (χ4n) is 3.79. The molecule has 1 aromatic carbocycles. The number of carbonyl (C=O) groups is 2. The molecule has 1 aliphatic heterocycles. The zero-order chi connectivity index (χ0) is 19.5. The van der Waals surface area contributed by atoms with Crippen LogP contribution in [0.1, 0.15) is 52.7 Å². The van der Waals surface area contributed by atoms with E-state index >= 15 is 0 Å². The highest BCUT2D eigenvalue weighted by Gasteiger charge is 2.25. The van der Waals surface area contributed by atoms with Crippen LogP contribution < -0.4 is 4.90 Å². The van der Waals surface area contributed by atoms with Gasteiger partial charge in [0.25, 0.3) is 5.91 Å². The van der Waals surface area contributed by atoms with Crippen molar-refractivity contribution in [2.24, 2.45) is 0 Å². The molecule has 0 unspecified atom stereocenters. The van der Waals surface area contributed by atoms with Gasteiger partial charge in [-0.1, -0.05) is 25.5 Å². The van der Waals surface area contributed by atoms with E-state index in [1.165, 1.54) is 41.0 Å². The topological polar surface area (TPSA) is 46.6 Å². The van der Waals surface area contributed by atoms with Crippen LogP contribution in [-0.4, -0.2) is 30.3 Å². The highest BCUT2D eigenvalue weighted by molar-refractivity contribution is 8.00. The standard InChI is InChI=1S/C22H25NO3S2/c1-15-11-12-23(17-8-5-6-10-19(17)27-15)21(24)14-26-22(25)20-13-16-7-3-2-4-9-18(16)28-20/h5-6,8,10,13,15H,2-4,7,9,11-12,14H2,1H3/t15-/m1/s1. The summed E-state index contributed by atoms with van der Waals surface area (Å²) in [4.78, 5) is 30.2. The molecule has 28 heavy (non-hydrogen) atoms. The average Bonchev–Trinajstić information content (AvgIpc) is 2.86. The molecule has 0 radical (unpaired) electrons. The number of hydrogen-bond acceptors (Lipinski definition) is 5. The van der Waals surface area contributed by atoms with Crippen LogP contribution in [0.25, 0.3) is 0 Å². The lowest BCUT2D eigenvalue weighted by Crippen LogP contribution is -2.35. The van der Waals surface area contributed by atoms with Gasteiger partial charge in [-0.05, 0) is 55.9 Å². The summed E-state index contributed by atoms with van der Waals surface area (Å²) in [6, 6.07) is 9.93. The fraction of sp³-hybridized carbons (Fsp3) is 0.455. The zero-order valence-electron chi connectivity index (χ0n) is 16.1. The Morgan fingerprint density at radius 1 is 1.18 bits per heavy atom. The predicted octanol–water partition coefficient (Wildman–Crippen LogP) is 5.09. The number of anilines is 1. The molecule has 2 aromatic rings. The maximum Gasteiger partial charge on any atom is 0.348 e. The second-order valence-electron chi connectivity index (χ2n) is 7.43. The molecular formula is C22H25NO3S2. The maximum absolute atomic E-state index is 12.8. The van der Waals surface area contributed by atoms with Gasteiger partial charge in [-0.2, -0.15) is 0 Å². The van der Waals surface area contributed by atoms with Crippen molar-refractivity contribution in [2.75, 3.05) is 18.1 Å². The summed E-state index contributed by atoms with van der Waals surface area (Å²) in [5.74, 6) is -0.536. The molecule has 1 aromatic heterocycles. The summed E-state index contributed by atoms with van der Waals surface area (Å²) >= 11 is 3.33. The number of thiophene rings is 1. The average molecular weight is 416 g/mol. The van der Waals surface area contributed by atoms with Crippen molar-refractivity contribution in [3.63, 3.8) is 0 Å². The molecule has 0 bridgehead atoms. The number of rotatable bonds is 3. The van der Waals surface area contributed by atoms with Crippen molar-refractivity contribution in [1.82, 2.24) is 0 Å². The molecule has 6 heteroatoms. The smallest absolute Gasteiger partial charge is 0.348 e. The number of para-hydroxylation sites is 1. The number of nitrogens with zero attached hydrogens (tertiary/aromatic N) is 1. The van der Waals surface area contributed by atoms with Crippen molar-refractivity contribution in [3.8, 4) is 0 Å². The Morgan fingerprint density at radius 3 is 2.89 bits per heavy atom. The molecule has 4 rings (SSSR count). The van der Waals surface area contributed by atoms with E-state index in [2.05, 4.69) is 6.92 Å². The molecule has 4 nitrogen and oxygen atoms in total. The van der Waals surface area contributed by atoms with Gasteiger partial charge in [-0.25, -0.2) is 4.79 Å². The number of carbonyl (C=O) groups excluding carboxylic acids is 2. The van der Waals surface area contributed by atoms with Crippen LogP contribution in [-0.2, 0) is 22.4 Å². The molecule has 2 heterocycles. The first-order valence-electron chi connectivity index (χ1n) is 9.96. The number of esters is 1. The maximum atomic E-state index is 12.8. The van der Waals surface area contributed by atoms with Gasteiger partial charge in [0.15, 0.2) is 6.61 Å². The molecular weight excluding hydrogens is 390 g/mol. The second-order valence-corrected chi connectivity index (χ2v) is 10.0. The molecule has 0 saturated carbocycles. The summed E-state index contributed by atoms with van der Waals surface area (Å²) in [5, 5.41) is 0.447. The Morgan fingerprint density at radius 2 is 2.00 bits per heavy atom. The summed E-state index contributed by atoms with van der Waals surface area (Å²) in [6.07, 6.45) is 6.62. The highest BCUT2D eigenvalue weighted by atomic mass is 32.2. The Kier molecular flexibility index (Phi) is 6.07. The Bertz CT molecular complexity index is 853. The molecule has 1 amide bonds. The van der Waals surface area contributed by atoms with Crippen molar-refractivity contribution in [3.05, 3.63) is 45.6 Å². The van der Waals surface area contributed by atoms with Gasteiger partial charge < -0.3 is 9.64 Å². The summed E-state index contributed by atoms with van der Waals surface area (Å²) in [5.41, 5.74) is 2.20. The highest BCUT2D eigenvalue weighted by Crippen LogP contribution is 2.37. The minimum Gasteiger partial charge on any atom is -0.451 e. The third-order valence-electron chi connectivity index (χ3n) is 5.32. The number of ether oxygens (including phenoxy) is 1. The van der Waals surface area contributed by atoms with Gasteiger partial charge in [0, 0.05) is 21.6 Å². The lowest BCUT2D eigenvalue weighted by molar-refractivity contribution is -0.121. The SMILES string of the molecule is C[C@@H]1CCN(C(=O)COC(=O)c2cc3c(s2)CCCCC3)c2ccccc2S1. The third kappa shape index (κ3) is 4.28. The van der Waals surface area contributed by atoms with Crippen LogP contribution in [0.15, 0.2) is 35.2 Å². The van der Waals surface area contributed by atoms with Crippen LogP contribution in [0, 0.1) is 0 Å². The van der Waals surface area contributed by atoms with Crippen LogP contribution in [0.4, 0.5) is 5.69 Å². The van der Waals surface area contributed by atoms with Gasteiger partial charge in [-0.15, -0.1) is 23.1 Å². The minimum absolute atomic E-state index is 0.159. The molecule has 1 atom stereocenters. The van der Waals surface area contributed by atoms with Crippen molar-refractivity contribution in [2.45, 2.75) is 55.6 Å². The first-order valence-corrected chi connectivity index (χ1v) is 11.7. The predicted molar refractivity (Wildman–Crippen MR) is 115 cm³/mol. The van der Waals surface area contributed by atoms with E-state index in [-0.39, 0.29) is 18.5 Å². The normalized spacial score (nSPS) is 19.2. The Labute approximate surface area is 174 Å². The van der Waals surface area contributed by atoms with E-state index in [0.29, 0.717) is 16.7 Å². The van der Waals surface area contributed by atoms with Crippen molar-refractivity contribution in [1.29, 1.82) is 0 Å². The first-order chi connectivity index (χ1) is 13.6. The van der Waals surface area contributed by atoms with E-state index in [4.69, 9.17) is 4.74 Å². The van der Waals surface area contributed by atoms with Crippen molar-refractivity contribution >= 4 is 40.7 Å². The van der Waals surface area contributed by atoms with Gasteiger partial charge >= 0.3 is 5.97 Å². The van der Waals surface area contributed by atoms with E-state index in [1.54, 1.807) is 16.7 Å². The van der Waals surface area contributed by atoms with Crippen LogP contribution in [0.5, 0.6) is 0 Å². The van der Waals surface area contributed by atoms with Crippen molar-refractivity contribution < 1.29 is 14.3 Å². The molecule has 0 N–H and O–H groups in total. The summed E-state index contributed by atoms with van der Waals surface area (Å²) < 4.78 is 5.41. The summed E-state index contributed by atoms with van der Waals surface area (Å²) in [7, 11) is 0. The second kappa shape index (κ2) is 8.70. The fourth-order valence-corrected chi connectivity index (χ4v) is 6.05. The number of aryl methyl sites for hydroxylation is 2. The monoisotopic (exact) mass is 415 g/mol. The Balaban J connectivity index is 1.42. The molecule has 0 saturated heterocycles. The quantitative estimate of drug-likeness (QED) is 0.517. The lowest BCUT2D eigenvalue weighted by atomic mass is 10.1. The van der Waals surface area contributed by atoms with Gasteiger partial charge in [-0.3, -0.25) is 4.79 Å². The van der Waals surface area contributed by atoms with Crippen LogP contribution in [0.3, 0.4) is 0 Å². The zero-order valence-corrected chi connectivity index (χ0v) is 17.7. The number of thioether (sulfide) groups is 1. The van der Waals surface area contributed by atoms with Gasteiger partial charge in [0.1, 0.15) is 4.88 Å². The molecule has 0 fully saturated rings. The van der Waals surface area contributed by atoms with Gasteiger partial charge in [0.2, 0.25) is 0 Å². The molecule has 2 aliphatic rings. The number of benzene rings is 1. The third-order valence-corrected chi connectivity index (χ3v) is 7.77. The summed E-state index contributed by atoms with van der Waals surface area (Å²) in [6.45, 7) is 2.61. The molecule has 0 spiro atoms. The van der Waals surface area contributed by atoms with E-state index in [0.717, 1.165) is 29.8 Å². The first kappa shape index (κ1) is 19.5. The Hall–Kier alpha value is -1.79. The van der Waals surface area contributed by atoms with E-state index < -0.39 is 0 Å². The largest absolute Gasteiger partial charge is 0.451 e. The number of hydrogen-bond donors (Lipinski definition) is 0. The van der Waals surface area contributed by atoms with E-state index in [1.807, 2.05) is 30.3 Å². The lowest BCUT2D eigenvalue weighted by Gasteiger charge is -2.22. The number of fused-ring (bicyclic) bond motifs is 2. The van der Waals surface area contributed by atoms with Crippen LogP contribution >= 0.6 is 23.1 Å². The van der Waals surface area contributed by atoms with Gasteiger partial charge in [0.05, 0.1) is 5.69 Å². The number of amides is 1. The van der Waals surface area contributed by atoms with Crippen LogP contribution in [0.2, 0.25) is 0 Å². The molecule has 1 aliphatic carbocycles. The van der Waals surface area contributed by atoms with E-state index in [9.17, 15) is 9.59 Å². The molecule has 148 valence electrons.